The molecule has 0 saturated carbocycles. The minimum Gasteiger partial charge on any atom is -0.350 e. The summed E-state index contributed by atoms with van der Waals surface area (Å²) < 4.78 is 0. The Morgan fingerprint density at radius 3 is 2.34 bits per heavy atom. The fraction of sp³-hybridized carbons (Fsp3) is 0.346. The summed E-state index contributed by atoms with van der Waals surface area (Å²) in [4.78, 5) is 39.6. The molecule has 1 saturated heterocycles. The number of amides is 3. The van der Waals surface area contributed by atoms with Gasteiger partial charge in [0.15, 0.2) is 0 Å². The zero-order valence-corrected chi connectivity index (χ0v) is 20.7. The fourth-order valence-corrected chi connectivity index (χ4v) is 4.79. The predicted octanol–water partition coefficient (Wildman–Crippen LogP) is 4.22. The van der Waals surface area contributed by atoms with Gasteiger partial charge in [-0.3, -0.25) is 14.4 Å². The van der Waals surface area contributed by atoms with Crippen LogP contribution in [0.1, 0.15) is 63.0 Å². The van der Waals surface area contributed by atoms with Crippen LogP contribution in [0.2, 0.25) is 0 Å². The van der Waals surface area contributed by atoms with E-state index in [4.69, 9.17) is 0 Å². The van der Waals surface area contributed by atoms with Gasteiger partial charge < -0.3 is 15.5 Å². The number of likely N-dealkylation sites (tertiary alicyclic amines) is 1. The first-order valence-electron chi connectivity index (χ1n) is 11.7. The summed E-state index contributed by atoms with van der Waals surface area (Å²) in [6.45, 7) is 5.05. The molecular weight excluding hydrogens is 462 g/mol. The molecule has 4 rings (SSSR count). The summed E-state index contributed by atoms with van der Waals surface area (Å²) in [7, 11) is 0. The fourth-order valence-electron chi connectivity index (χ4n) is 4.09. The molecule has 1 aromatic heterocycles. The molecule has 3 amide bonds. The number of carbonyl (C=O) groups excluding carboxylic acids is 3. The molecular formula is C26H29N5O3S. The molecule has 2 aromatic carbocycles. The highest BCUT2D eigenvalue weighted by molar-refractivity contribution is 7.15. The Bertz CT molecular complexity index is 1170. The van der Waals surface area contributed by atoms with Crippen molar-refractivity contribution in [2.45, 2.75) is 39.2 Å². The number of nitrogens with one attached hydrogen (secondary N) is 2. The zero-order chi connectivity index (χ0) is 24.8. The molecule has 2 N–H and O–H groups in total. The Morgan fingerprint density at radius 2 is 1.66 bits per heavy atom. The van der Waals surface area contributed by atoms with Gasteiger partial charge in [0.25, 0.3) is 11.8 Å². The summed E-state index contributed by atoms with van der Waals surface area (Å²) >= 11 is 0.992. The van der Waals surface area contributed by atoms with Crippen molar-refractivity contribution in [2.75, 3.05) is 18.4 Å². The van der Waals surface area contributed by atoms with Gasteiger partial charge in [-0.05, 0) is 50.3 Å². The quantitative estimate of drug-likeness (QED) is 0.515. The molecule has 0 aliphatic carbocycles. The van der Waals surface area contributed by atoms with Crippen molar-refractivity contribution in [3.05, 3.63) is 75.7 Å². The SMILES string of the molecule is Cc1ccc(NC(=O)c2nnc(C(=O)N3CCC(CC(=O)N[C@H](C)c4ccccc4)CC3)s2)cc1. The predicted molar refractivity (Wildman–Crippen MR) is 135 cm³/mol. The molecule has 0 radical (unpaired) electrons. The molecule has 2 heterocycles. The molecule has 3 aromatic rings. The van der Waals surface area contributed by atoms with Crippen molar-refractivity contribution in [3.8, 4) is 0 Å². The van der Waals surface area contributed by atoms with Gasteiger partial charge in [0.05, 0.1) is 6.04 Å². The second-order valence-electron chi connectivity index (χ2n) is 8.87. The summed E-state index contributed by atoms with van der Waals surface area (Å²) in [6.07, 6.45) is 1.94. The van der Waals surface area contributed by atoms with Crippen LogP contribution >= 0.6 is 11.3 Å². The second-order valence-corrected chi connectivity index (χ2v) is 9.85. The molecule has 1 fully saturated rings. The lowest BCUT2D eigenvalue weighted by Crippen LogP contribution is -2.39. The number of nitrogens with zero attached hydrogens (tertiary/aromatic N) is 3. The van der Waals surface area contributed by atoms with E-state index in [1.807, 2.05) is 68.4 Å². The van der Waals surface area contributed by atoms with E-state index in [2.05, 4.69) is 20.8 Å². The second kappa shape index (κ2) is 11.2. The van der Waals surface area contributed by atoms with Crippen LogP contribution in [-0.4, -0.2) is 45.9 Å². The molecule has 35 heavy (non-hydrogen) atoms. The Hall–Kier alpha value is -3.59. The number of hydrogen-bond acceptors (Lipinski definition) is 6. The van der Waals surface area contributed by atoms with Gasteiger partial charge in [0.2, 0.25) is 15.9 Å². The number of piperidine rings is 1. The highest BCUT2D eigenvalue weighted by Crippen LogP contribution is 2.24. The largest absolute Gasteiger partial charge is 0.350 e. The molecule has 1 atom stereocenters. The van der Waals surface area contributed by atoms with E-state index in [1.165, 1.54) is 0 Å². The third kappa shape index (κ3) is 6.51. The van der Waals surface area contributed by atoms with Crippen LogP contribution in [0.4, 0.5) is 5.69 Å². The Labute approximate surface area is 208 Å². The lowest BCUT2D eigenvalue weighted by Gasteiger charge is -2.31. The third-order valence-electron chi connectivity index (χ3n) is 6.16. The maximum absolute atomic E-state index is 12.9. The topological polar surface area (TPSA) is 104 Å². The Balaban J connectivity index is 1.24. The number of aromatic nitrogens is 2. The average molecular weight is 492 g/mol. The minimum atomic E-state index is -0.389. The number of carbonyl (C=O) groups is 3. The van der Waals surface area contributed by atoms with Crippen LogP contribution < -0.4 is 10.6 Å². The van der Waals surface area contributed by atoms with Gasteiger partial charge >= 0.3 is 0 Å². The molecule has 0 bridgehead atoms. The molecule has 9 heteroatoms. The lowest BCUT2D eigenvalue weighted by atomic mass is 9.93. The van der Waals surface area contributed by atoms with Crippen molar-refractivity contribution >= 4 is 34.7 Å². The van der Waals surface area contributed by atoms with Crippen molar-refractivity contribution < 1.29 is 14.4 Å². The van der Waals surface area contributed by atoms with Gasteiger partial charge in [-0.25, -0.2) is 0 Å². The van der Waals surface area contributed by atoms with Gasteiger partial charge in [-0.1, -0.05) is 59.4 Å². The standard InChI is InChI=1S/C26H29N5O3S/c1-17-8-10-21(11-9-17)28-23(33)24-29-30-25(35-24)26(34)31-14-12-19(13-15-31)16-22(32)27-18(2)20-6-4-3-5-7-20/h3-11,18-19H,12-16H2,1-2H3,(H,27,32)(H,28,33)/t18-/m1/s1. The van der Waals surface area contributed by atoms with Crippen molar-refractivity contribution in [3.63, 3.8) is 0 Å². The van der Waals surface area contributed by atoms with Crippen LogP contribution in [0, 0.1) is 12.8 Å². The van der Waals surface area contributed by atoms with E-state index in [-0.39, 0.29) is 39.7 Å². The van der Waals surface area contributed by atoms with Crippen molar-refractivity contribution in [1.82, 2.24) is 20.4 Å². The molecule has 0 spiro atoms. The van der Waals surface area contributed by atoms with E-state index < -0.39 is 0 Å². The van der Waals surface area contributed by atoms with E-state index in [9.17, 15) is 14.4 Å². The molecule has 8 nitrogen and oxygen atoms in total. The third-order valence-corrected chi connectivity index (χ3v) is 7.07. The van der Waals surface area contributed by atoms with Gasteiger partial charge in [-0.15, -0.1) is 10.2 Å². The summed E-state index contributed by atoms with van der Waals surface area (Å²) in [5, 5.41) is 14.0. The zero-order valence-electron chi connectivity index (χ0n) is 19.9. The van der Waals surface area contributed by atoms with Crippen LogP contribution in [0.3, 0.4) is 0 Å². The van der Waals surface area contributed by atoms with Crippen LogP contribution in [-0.2, 0) is 4.79 Å². The normalized spacial score (nSPS) is 14.9. The maximum atomic E-state index is 12.9. The Kier molecular flexibility index (Phi) is 7.87. The molecule has 0 unspecified atom stereocenters. The monoisotopic (exact) mass is 491 g/mol. The molecule has 1 aliphatic heterocycles. The smallest absolute Gasteiger partial charge is 0.286 e. The lowest BCUT2D eigenvalue weighted by molar-refractivity contribution is -0.122. The maximum Gasteiger partial charge on any atom is 0.286 e. The number of rotatable bonds is 7. The molecule has 182 valence electrons. The number of anilines is 1. The van der Waals surface area contributed by atoms with Crippen molar-refractivity contribution in [1.29, 1.82) is 0 Å². The first-order chi connectivity index (χ1) is 16.9. The first-order valence-corrected chi connectivity index (χ1v) is 12.6. The summed E-state index contributed by atoms with van der Waals surface area (Å²) in [5.74, 6) is -0.357. The minimum absolute atomic E-state index is 0.0273. The number of hydrogen-bond donors (Lipinski definition) is 2. The number of aryl methyl sites for hydroxylation is 1. The van der Waals surface area contributed by atoms with Crippen LogP contribution in [0.15, 0.2) is 54.6 Å². The Morgan fingerprint density at radius 1 is 1.00 bits per heavy atom. The van der Waals surface area contributed by atoms with Crippen LogP contribution in [0.5, 0.6) is 0 Å². The van der Waals surface area contributed by atoms with Gasteiger partial charge in [0, 0.05) is 25.2 Å². The highest BCUT2D eigenvalue weighted by Gasteiger charge is 2.28. The number of benzene rings is 2. The van der Waals surface area contributed by atoms with E-state index in [0.717, 1.165) is 35.3 Å². The van der Waals surface area contributed by atoms with Gasteiger partial charge in [-0.2, -0.15) is 0 Å². The van der Waals surface area contributed by atoms with E-state index in [0.29, 0.717) is 25.2 Å². The highest BCUT2D eigenvalue weighted by atomic mass is 32.1. The van der Waals surface area contributed by atoms with E-state index in [1.54, 1.807) is 4.90 Å². The first kappa shape index (κ1) is 24.5. The van der Waals surface area contributed by atoms with Crippen LogP contribution in [0.25, 0.3) is 0 Å². The van der Waals surface area contributed by atoms with Gasteiger partial charge in [0.1, 0.15) is 0 Å². The van der Waals surface area contributed by atoms with E-state index >= 15 is 0 Å². The molecule has 1 aliphatic rings. The van der Waals surface area contributed by atoms with Crippen molar-refractivity contribution in [2.24, 2.45) is 5.92 Å². The summed E-state index contributed by atoms with van der Waals surface area (Å²) in [6, 6.07) is 17.3. The average Bonchev–Trinajstić information content (AvgIpc) is 3.36. The summed E-state index contributed by atoms with van der Waals surface area (Å²) in [5.41, 5.74) is 2.83.